The van der Waals surface area contributed by atoms with E-state index in [-0.39, 0.29) is 0 Å². The summed E-state index contributed by atoms with van der Waals surface area (Å²) in [4.78, 5) is 15.4. The minimum absolute atomic E-state index is 0.497. The monoisotopic (exact) mass is 798 g/mol. The second-order valence-electron chi connectivity index (χ2n) is 15.2. The third-order valence-electron chi connectivity index (χ3n) is 11.4. The topological polar surface area (TPSA) is 56.7 Å². The Morgan fingerprint density at radius 1 is 0.443 bits per heavy atom. The van der Waals surface area contributed by atoms with E-state index in [2.05, 4.69) is 59.2 Å². The van der Waals surface area contributed by atoms with E-state index >= 15 is 0 Å². The number of fused-ring (bicyclic) bond motifs is 6. The second-order valence-corrected chi connectivity index (χ2v) is 15.2. The van der Waals surface area contributed by atoms with Gasteiger partial charge in [0.2, 0.25) is 0 Å². The van der Waals surface area contributed by atoms with Gasteiger partial charge in [0.05, 0.1) is 22.3 Å². The highest BCUT2D eigenvalue weighted by Gasteiger charge is 2.31. The van der Waals surface area contributed by atoms with E-state index < -0.39 is 11.7 Å². The molecule has 3 aromatic heterocycles. The molecule has 61 heavy (non-hydrogen) atoms. The molecule has 8 aromatic carbocycles. The molecule has 5 nitrogen and oxygen atoms in total. The van der Waals surface area contributed by atoms with Gasteiger partial charge in [0, 0.05) is 38.2 Å². The molecular formula is C53H33F3N4O. The minimum Gasteiger partial charge on any atom is -0.456 e. The summed E-state index contributed by atoms with van der Waals surface area (Å²) < 4.78 is 49.5. The average Bonchev–Trinajstić information content (AvgIpc) is 3.84. The van der Waals surface area contributed by atoms with Crippen molar-refractivity contribution in [2.45, 2.75) is 13.1 Å². The summed E-state index contributed by atoms with van der Waals surface area (Å²) in [5, 5.41) is 4.00. The number of hydrogen-bond donors (Lipinski definition) is 0. The zero-order chi connectivity index (χ0) is 41.2. The van der Waals surface area contributed by atoms with Crippen LogP contribution in [0.3, 0.4) is 0 Å². The summed E-state index contributed by atoms with van der Waals surface area (Å²) in [6, 6.07) is 58.7. The Morgan fingerprint density at radius 3 is 1.77 bits per heavy atom. The smallest absolute Gasteiger partial charge is 0.416 e. The van der Waals surface area contributed by atoms with Crippen LogP contribution in [0.2, 0.25) is 0 Å². The first kappa shape index (κ1) is 36.3. The van der Waals surface area contributed by atoms with E-state index in [4.69, 9.17) is 19.4 Å². The van der Waals surface area contributed by atoms with E-state index in [0.29, 0.717) is 23.0 Å². The lowest BCUT2D eigenvalue weighted by Crippen LogP contribution is -2.05. The van der Waals surface area contributed by atoms with Gasteiger partial charge in [0.1, 0.15) is 11.2 Å². The van der Waals surface area contributed by atoms with Crippen LogP contribution in [0, 0.1) is 6.92 Å². The van der Waals surface area contributed by atoms with Crippen molar-refractivity contribution < 1.29 is 17.6 Å². The number of halogens is 3. The Kier molecular flexibility index (Phi) is 8.42. The molecule has 0 unspecified atom stereocenters. The van der Waals surface area contributed by atoms with Crippen LogP contribution in [0.5, 0.6) is 0 Å². The maximum atomic E-state index is 13.6. The normalized spacial score (nSPS) is 11.9. The molecule has 0 aliphatic carbocycles. The highest BCUT2D eigenvalue weighted by molar-refractivity contribution is 6.13. The molecule has 0 saturated carbocycles. The predicted octanol–water partition coefficient (Wildman–Crippen LogP) is 14.5. The molecule has 11 rings (SSSR count). The lowest BCUT2D eigenvalue weighted by Gasteiger charge is -2.17. The highest BCUT2D eigenvalue weighted by Crippen LogP contribution is 2.43. The van der Waals surface area contributed by atoms with Crippen molar-refractivity contribution in [3.05, 3.63) is 193 Å². The van der Waals surface area contributed by atoms with E-state index in [0.717, 1.165) is 94.4 Å². The van der Waals surface area contributed by atoms with Crippen molar-refractivity contribution in [1.29, 1.82) is 0 Å². The second kappa shape index (κ2) is 14.2. The fraction of sp³-hybridized carbons (Fsp3) is 0.0377. The number of furan rings is 1. The third-order valence-corrected chi connectivity index (χ3v) is 11.4. The number of aryl methyl sites for hydroxylation is 1. The summed E-state index contributed by atoms with van der Waals surface area (Å²) in [5.41, 5.74) is 10.3. The summed E-state index contributed by atoms with van der Waals surface area (Å²) >= 11 is 0. The molecule has 0 aliphatic rings. The number of aromatic nitrogens is 4. The third kappa shape index (κ3) is 6.23. The average molecular weight is 799 g/mol. The molecule has 0 atom stereocenters. The molecule has 0 bridgehead atoms. The SMILES string of the molecule is Cc1cc(C(F)(F)F)ccc1-c1ccc2c(c1)c1ccccc1n2-c1ccc(-c2cccc3oc4ccccc4c23)cc1-c1nc(-c2ccccc2)nc(-c2ccccc2)n1. The Balaban J connectivity index is 1.19. The predicted molar refractivity (Wildman–Crippen MR) is 238 cm³/mol. The van der Waals surface area contributed by atoms with Gasteiger partial charge in [-0.3, -0.25) is 0 Å². The molecule has 0 fully saturated rings. The van der Waals surface area contributed by atoms with Crippen molar-refractivity contribution in [2.24, 2.45) is 0 Å². The van der Waals surface area contributed by atoms with E-state index in [1.165, 1.54) is 6.07 Å². The Labute approximate surface area is 348 Å². The summed E-state index contributed by atoms with van der Waals surface area (Å²) in [6.45, 7) is 1.72. The zero-order valence-electron chi connectivity index (χ0n) is 32.7. The zero-order valence-corrected chi connectivity index (χ0v) is 32.7. The van der Waals surface area contributed by atoms with Gasteiger partial charge < -0.3 is 8.98 Å². The molecule has 3 heterocycles. The standard InChI is InChI=1S/C53H33F3N4O/c1-32-29-37(53(54,55)56)25-26-38(32)35-23-27-45-42(30-35)40-17-8-10-20-44(40)60(45)46-28-24-36(39-19-12-22-48-49(39)41-18-9-11-21-47(41)61-48)31-43(46)52-58-50(33-13-4-2-5-14-33)57-51(59-52)34-15-6-3-7-16-34/h2-31H,1H3. The molecular weight excluding hydrogens is 766 g/mol. The van der Waals surface area contributed by atoms with Crippen LogP contribution in [-0.2, 0) is 6.18 Å². The van der Waals surface area contributed by atoms with E-state index in [9.17, 15) is 13.2 Å². The largest absolute Gasteiger partial charge is 0.456 e. The minimum atomic E-state index is -4.42. The van der Waals surface area contributed by atoms with Gasteiger partial charge in [-0.15, -0.1) is 0 Å². The van der Waals surface area contributed by atoms with Crippen LogP contribution in [0.15, 0.2) is 186 Å². The van der Waals surface area contributed by atoms with E-state index in [1.807, 2.05) is 109 Å². The van der Waals surface area contributed by atoms with Gasteiger partial charge in [-0.05, 0) is 89.3 Å². The van der Waals surface area contributed by atoms with Gasteiger partial charge >= 0.3 is 6.18 Å². The number of rotatable bonds is 6. The lowest BCUT2D eigenvalue weighted by molar-refractivity contribution is -0.137. The van der Waals surface area contributed by atoms with Gasteiger partial charge in [0.15, 0.2) is 17.5 Å². The van der Waals surface area contributed by atoms with Crippen molar-refractivity contribution in [2.75, 3.05) is 0 Å². The van der Waals surface area contributed by atoms with Crippen LogP contribution in [-0.4, -0.2) is 19.5 Å². The molecule has 0 radical (unpaired) electrons. The Bertz CT molecular complexity index is 3420. The van der Waals surface area contributed by atoms with Crippen molar-refractivity contribution >= 4 is 43.7 Å². The van der Waals surface area contributed by atoms with E-state index in [1.54, 1.807) is 13.0 Å². The van der Waals surface area contributed by atoms with Crippen LogP contribution < -0.4 is 0 Å². The van der Waals surface area contributed by atoms with Crippen molar-refractivity contribution in [3.8, 4) is 62.1 Å². The molecule has 0 amide bonds. The molecule has 0 spiro atoms. The van der Waals surface area contributed by atoms with Gasteiger partial charge in [-0.2, -0.15) is 13.2 Å². The molecule has 292 valence electrons. The van der Waals surface area contributed by atoms with Gasteiger partial charge in [0.25, 0.3) is 0 Å². The lowest BCUT2D eigenvalue weighted by atomic mass is 9.96. The first-order valence-corrected chi connectivity index (χ1v) is 19.9. The summed E-state index contributed by atoms with van der Waals surface area (Å²) in [6.07, 6.45) is -4.42. The van der Waals surface area contributed by atoms with Crippen molar-refractivity contribution in [3.63, 3.8) is 0 Å². The number of benzene rings is 8. The fourth-order valence-electron chi connectivity index (χ4n) is 8.59. The maximum Gasteiger partial charge on any atom is 0.416 e. The van der Waals surface area contributed by atoms with Crippen LogP contribution in [0.4, 0.5) is 13.2 Å². The van der Waals surface area contributed by atoms with Crippen LogP contribution >= 0.6 is 0 Å². The first-order chi connectivity index (χ1) is 29.8. The Hall–Kier alpha value is -7.84. The molecule has 8 heteroatoms. The molecule has 0 aliphatic heterocycles. The summed E-state index contributed by atoms with van der Waals surface area (Å²) in [7, 11) is 0. The number of alkyl halides is 3. The molecule has 0 N–H and O–H groups in total. The summed E-state index contributed by atoms with van der Waals surface area (Å²) in [5.74, 6) is 1.58. The van der Waals surface area contributed by atoms with Crippen LogP contribution in [0.25, 0.3) is 106 Å². The molecule has 0 saturated heterocycles. The first-order valence-electron chi connectivity index (χ1n) is 19.9. The quantitative estimate of drug-likeness (QED) is 0.168. The highest BCUT2D eigenvalue weighted by atomic mass is 19.4. The van der Waals surface area contributed by atoms with Gasteiger partial charge in [-0.1, -0.05) is 127 Å². The fourth-order valence-corrected chi connectivity index (χ4v) is 8.59. The van der Waals surface area contributed by atoms with Crippen molar-refractivity contribution in [1.82, 2.24) is 19.5 Å². The van der Waals surface area contributed by atoms with Crippen LogP contribution in [0.1, 0.15) is 11.1 Å². The Morgan fingerprint density at radius 2 is 1.05 bits per heavy atom. The molecule has 11 aromatic rings. The number of hydrogen-bond acceptors (Lipinski definition) is 4. The van der Waals surface area contributed by atoms with Gasteiger partial charge in [-0.25, -0.2) is 15.0 Å². The maximum absolute atomic E-state index is 13.6. The number of para-hydroxylation sites is 2. The number of nitrogens with zero attached hydrogens (tertiary/aromatic N) is 4.